The number of pyridine rings is 1. The molecule has 0 amide bonds. The number of H-pyrrole nitrogens is 1. The monoisotopic (exact) mass is 639 g/mol. The van der Waals surface area contributed by atoms with E-state index in [1.54, 1.807) is 41.3 Å². The molecule has 0 aliphatic carbocycles. The van der Waals surface area contributed by atoms with Crippen LogP contribution in [0, 0.1) is 0 Å². The Bertz CT molecular complexity index is 2190. The Morgan fingerprint density at radius 2 is 1.63 bits per heavy atom. The molecule has 1 saturated heterocycles. The number of hydrogen-bond donors (Lipinski definition) is 1. The third-order valence-electron chi connectivity index (χ3n) is 8.63. The number of imidazole rings is 1. The van der Waals surface area contributed by atoms with E-state index in [9.17, 15) is 0 Å². The Morgan fingerprint density at radius 3 is 2.37 bits per heavy atom. The molecule has 8 aromatic rings. The van der Waals surface area contributed by atoms with Gasteiger partial charge in [0.25, 0.3) is 0 Å². The molecule has 0 spiro atoms. The van der Waals surface area contributed by atoms with E-state index in [1.165, 1.54) is 0 Å². The van der Waals surface area contributed by atoms with E-state index >= 15 is 0 Å². The zero-order valence-electron chi connectivity index (χ0n) is 24.2. The van der Waals surface area contributed by atoms with Crippen molar-refractivity contribution in [2.45, 2.75) is 17.1 Å². The number of thiazole rings is 1. The molecular weight excluding hydrogens is 615 g/mol. The summed E-state index contributed by atoms with van der Waals surface area (Å²) in [7, 11) is 0. The maximum atomic E-state index is 6.45. The molecule has 0 radical (unpaired) electrons. The SMILES string of the molecule is c1ccc(C2(c3nccs3)N(c3ncccn3)N(c3cccs3)C(c3ccco3)C2(c2ccc[nH]2)n2cnc3ccccc32)nc1. The average Bonchev–Trinajstić information content (AvgIpc) is 3.95. The first-order valence-electron chi connectivity index (χ1n) is 14.7. The van der Waals surface area contributed by atoms with Crippen LogP contribution in [0.4, 0.5) is 10.9 Å². The van der Waals surface area contributed by atoms with Crippen molar-refractivity contribution in [3.05, 3.63) is 161 Å². The van der Waals surface area contributed by atoms with Crippen molar-refractivity contribution in [3.8, 4) is 0 Å². The summed E-state index contributed by atoms with van der Waals surface area (Å²) in [5, 5.41) is 10.3. The number of aromatic amines is 1. The molecule has 7 aromatic heterocycles. The minimum absolute atomic E-state index is 0.478. The van der Waals surface area contributed by atoms with Gasteiger partial charge in [0.15, 0.2) is 11.1 Å². The van der Waals surface area contributed by atoms with Crippen molar-refractivity contribution < 1.29 is 4.42 Å². The molecule has 1 fully saturated rings. The van der Waals surface area contributed by atoms with Crippen molar-refractivity contribution in [1.82, 2.24) is 34.5 Å². The van der Waals surface area contributed by atoms with Gasteiger partial charge in [0.2, 0.25) is 5.95 Å². The van der Waals surface area contributed by atoms with Crippen molar-refractivity contribution >= 4 is 44.7 Å². The van der Waals surface area contributed by atoms with Gasteiger partial charge in [-0.25, -0.2) is 24.9 Å². The third-order valence-corrected chi connectivity index (χ3v) is 10.4. The van der Waals surface area contributed by atoms with Crippen LogP contribution in [0.15, 0.2) is 144 Å². The van der Waals surface area contributed by atoms with Crippen molar-refractivity contribution in [2.75, 3.05) is 10.0 Å². The molecule has 1 aliphatic heterocycles. The molecule has 46 heavy (non-hydrogen) atoms. The molecule has 8 heterocycles. The summed E-state index contributed by atoms with van der Waals surface area (Å²) in [5.74, 6) is 1.21. The minimum Gasteiger partial charge on any atom is -0.467 e. The van der Waals surface area contributed by atoms with Gasteiger partial charge in [-0.1, -0.05) is 18.2 Å². The van der Waals surface area contributed by atoms with Gasteiger partial charge in [0.1, 0.15) is 21.8 Å². The molecule has 224 valence electrons. The van der Waals surface area contributed by atoms with Crippen LogP contribution >= 0.6 is 22.7 Å². The fourth-order valence-electron chi connectivity index (χ4n) is 7.09. The number of nitrogens with one attached hydrogen (secondary N) is 1. The number of fused-ring (bicyclic) bond motifs is 1. The molecule has 9 rings (SSSR count). The first kappa shape index (κ1) is 26.8. The number of benzene rings is 1. The van der Waals surface area contributed by atoms with Gasteiger partial charge < -0.3 is 14.0 Å². The summed E-state index contributed by atoms with van der Waals surface area (Å²) >= 11 is 3.19. The highest BCUT2D eigenvalue weighted by Crippen LogP contribution is 2.66. The molecule has 3 atom stereocenters. The molecule has 1 N–H and O–H groups in total. The van der Waals surface area contributed by atoms with E-state index in [1.807, 2.05) is 84.9 Å². The quantitative estimate of drug-likeness (QED) is 0.198. The first-order valence-corrected chi connectivity index (χ1v) is 16.4. The number of furan rings is 1. The van der Waals surface area contributed by atoms with Crippen LogP contribution in [0.2, 0.25) is 0 Å². The third kappa shape index (κ3) is 3.53. The zero-order chi connectivity index (χ0) is 30.6. The maximum absolute atomic E-state index is 6.45. The summed E-state index contributed by atoms with van der Waals surface area (Å²) in [4.78, 5) is 28.8. The molecule has 0 bridgehead atoms. The minimum atomic E-state index is -1.21. The number of hydrogen-bond acceptors (Lipinski definition) is 10. The van der Waals surface area contributed by atoms with Gasteiger partial charge >= 0.3 is 0 Å². The standard InChI is InChI=1S/C34H25N9OS2/c1-2-10-25-24(9-1)40-23-41(25)33(27-13-5-16-36-27)30(26-11-6-20-44-26)42(29-14-7-21-45-29)43(32-38-17-8-18-39-32)34(33,31-37-19-22-46-31)28-12-3-4-15-35-28/h1-23,30,36H. The van der Waals surface area contributed by atoms with Crippen LogP contribution in [0.3, 0.4) is 0 Å². The topological polar surface area (TPSA) is 105 Å². The molecule has 1 aromatic carbocycles. The van der Waals surface area contributed by atoms with Crippen molar-refractivity contribution in [2.24, 2.45) is 0 Å². The van der Waals surface area contributed by atoms with E-state index in [2.05, 4.69) is 55.3 Å². The second-order valence-corrected chi connectivity index (χ2v) is 12.6. The summed E-state index contributed by atoms with van der Waals surface area (Å²) in [5.41, 5.74) is 1.13. The molecular formula is C34H25N9OS2. The highest BCUT2D eigenvalue weighted by molar-refractivity contribution is 7.14. The molecule has 12 heteroatoms. The van der Waals surface area contributed by atoms with E-state index in [0.29, 0.717) is 5.95 Å². The van der Waals surface area contributed by atoms with E-state index < -0.39 is 17.1 Å². The Balaban J connectivity index is 1.58. The van der Waals surface area contributed by atoms with Crippen LogP contribution < -0.4 is 10.0 Å². The fraction of sp³-hybridized carbons (Fsp3) is 0.0882. The van der Waals surface area contributed by atoms with E-state index in [0.717, 1.165) is 38.2 Å². The van der Waals surface area contributed by atoms with E-state index in [4.69, 9.17) is 29.3 Å². The molecule has 1 aliphatic rings. The van der Waals surface area contributed by atoms with Crippen LogP contribution in [0.1, 0.15) is 28.2 Å². The van der Waals surface area contributed by atoms with Gasteiger partial charge in [0, 0.05) is 42.1 Å². The Morgan fingerprint density at radius 1 is 0.739 bits per heavy atom. The Hall–Kier alpha value is -5.59. The summed E-state index contributed by atoms with van der Waals surface area (Å²) in [6.07, 6.45) is 12.8. The number of para-hydroxylation sites is 2. The smallest absolute Gasteiger partial charge is 0.245 e. The number of anilines is 2. The van der Waals surface area contributed by atoms with Crippen LogP contribution in [-0.2, 0) is 11.1 Å². The summed E-state index contributed by atoms with van der Waals surface area (Å²) in [6.45, 7) is 0. The van der Waals surface area contributed by atoms with Crippen molar-refractivity contribution in [1.29, 1.82) is 0 Å². The number of hydrazine groups is 1. The highest BCUT2D eigenvalue weighted by Gasteiger charge is 2.76. The second kappa shape index (κ2) is 10.5. The Labute approximate surface area is 271 Å². The highest BCUT2D eigenvalue weighted by atomic mass is 32.1. The van der Waals surface area contributed by atoms with Gasteiger partial charge in [-0.05, 0) is 72.1 Å². The normalized spacial score (nSPS) is 21.3. The van der Waals surface area contributed by atoms with Gasteiger partial charge in [-0.15, -0.1) is 22.7 Å². The van der Waals surface area contributed by atoms with Crippen LogP contribution in [0.5, 0.6) is 0 Å². The lowest BCUT2D eigenvalue weighted by Crippen LogP contribution is -2.60. The predicted molar refractivity (Wildman–Crippen MR) is 177 cm³/mol. The summed E-state index contributed by atoms with van der Waals surface area (Å²) < 4.78 is 8.72. The largest absolute Gasteiger partial charge is 0.467 e. The lowest BCUT2D eigenvalue weighted by molar-refractivity contribution is 0.205. The number of nitrogens with zero attached hydrogens (tertiary/aromatic N) is 8. The van der Waals surface area contributed by atoms with Crippen molar-refractivity contribution in [3.63, 3.8) is 0 Å². The second-order valence-electron chi connectivity index (χ2n) is 10.8. The predicted octanol–water partition coefficient (Wildman–Crippen LogP) is 7.03. The number of rotatable bonds is 7. The first-order chi connectivity index (χ1) is 22.8. The van der Waals surface area contributed by atoms with E-state index in [-0.39, 0.29) is 0 Å². The van der Waals surface area contributed by atoms with Gasteiger partial charge in [-0.2, -0.15) is 0 Å². The number of aromatic nitrogens is 7. The summed E-state index contributed by atoms with van der Waals surface area (Å²) in [6, 6.07) is 27.8. The lowest BCUT2D eigenvalue weighted by atomic mass is 9.68. The molecule has 0 saturated carbocycles. The lowest BCUT2D eigenvalue weighted by Gasteiger charge is -2.47. The number of thiophene rings is 1. The van der Waals surface area contributed by atoms with Gasteiger partial charge in [-0.3, -0.25) is 9.99 Å². The van der Waals surface area contributed by atoms with Crippen LogP contribution in [0.25, 0.3) is 11.0 Å². The average molecular weight is 640 g/mol. The van der Waals surface area contributed by atoms with Gasteiger partial charge in [0.05, 0.1) is 29.3 Å². The Kier molecular flexibility index (Phi) is 6.11. The fourth-order valence-corrected chi connectivity index (χ4v) is 8.73. The molecule has 3 unspecified atom stereocenters. The maximum Gasteiger partial charge on any atom is 0.245 e. The molecule has 10 nitrogen and oxygen atoms in total. The zero-order valence-corrected chi connectivity index (χ0v) is 25.8. The van der Waals surface area contributed by atoms with Crippen LogP contribution in [-0.4, -0.2) is 34.5 Å².